The second-order valence-corrected chi connectivity index (χ2v) is 11.2. The predicted molar refractivity (Wildman–Crippen MR) is 152 cm³/mol. The summed E-state index contributed by atoms with van der Waals surface area (Å²) in [6.45, 7) is 7.40. The van der Waals surface area contributed by atoms with E-state index < -0.39 is 11.9 Å². The number of carbonyl (C=O) groups excluding carboxylic acids is 1. The summed E-state index contributed by atoms with van der Waals surface area (Å²) < 4.78 is 17.0. The van der Waals surface area contributed by atoms with E-state index in [1.165, 1.54) is 0 Å². The number of carbonyl (C=O) groups is 2. The predicted octanol–water partition coefficient (Wildman–Crippen LogP) is 4.88. The van der Waals surface area contributed by atoms with Crippen molar-refractivity contribution in [3.05, 3.63) is 53.1 Å². The number of nitrogens with zero attached hydrogens (tertiary/aromatic N) is 2. The van der Waals surface area contributed by atoms with Gasteiger partial charge in [-0.1, -0.05) is 51.0 Å². The van der Waals surface area contributed by atoms with Crippen molar-refractivity contribution in [2.24, 2.45) is 5.92 Å². The van der Waals surface area contributed by atoms with E-state index in [0.29, 0.717) is 26.0 Å². The summed E-state index contributed by atoms with van der Waals surface area (Å²) in [4.78, 5) is 30.6. The molecule has 5 rings (SSSR count). The van der Waals surface area contributed by atoms with Crippen molar-refractivity contribution in [3.8, 4) is 17.2 Å². The first-order valence-corrected chi connectivity index (χ1v) is 14.9. The van der Waals surface area contributed by atoms with E-state index in [2.05, 4.69) is 24.8 Å². The summed E-state index contributed by atoms with van der Waals surface area (Å²) in [6.07, 6.45) is 6.09. The molecule has 0 aromatic heterocycles. The molecule has 216 valence electrons. The van der Waals surface area contributed by atoms with Crippen LogP contribution in [0.4, 0.5) is 0 Å². The van der Waals surface area contributed by atoms with Gasteiger partial charge in [-0.3, -0.25) is 14.5 Å². The standard InChI is InChI=1S/C32H42N2O6/c1-3-5-15-33(16-6-4-2)29(35)20-34-19-25(23-11-13-27-24(18-23)14-17-38-27)30(32(36)37)26(34)12-10-22-8-7-9-28-31(22)40-21-39-28/h7-9,11,13,18,25-26,30H,3-6,10,12,14-17,19-21H2,1-2H3,(H,36,37)/t25-,26+,30?/m1/s1. The first-order valence-electron chi connectivity index (χ1n) is 14.9. The Morgan fingerprint density at radius 1 is 1.02 bits per heavy atom. The number of rotatable bonds is 13. The number of likely N-dealkylation sites (tertiary alicyclic amines) is 1. The number of aliphatic carboxylic acids is 1. The average molecular weight is 551 g/mol. The van der Waals surface area contributed by atoms with E-state index in [1.54, 1.807) is 0 Å². The summed E-state index contributed by atoms with van der Waals surface area (Å²) >= 11 is 0. The third-order valence-electron chi connectivity index (χ3n) is 8.62. The normalized spacial score (nSPS) is 21.3. The van der Waals surface area contributed by atoms with Crippen molar-refractivity contribution < 1.29 is 28.9 Å². The molecule has 8 nitrogen and oxygen atoms in total. The summed E-state index contributed by atoms with van der Waals surface area (Å²) in [7, 11) is 0. The van der Waals surface area contributed by atoms with Crippen LogP contribution in [0, 0.1) is 5.92 Å². The van der Waals surface area contributed by atoms with E-state index >= 15 is 0 Å². The molecule has 0 saturated carbocycles. The van der Waals surface area contributed by atoms with Gasteiger partial charge in [-0.15, -0.1) is 0 Å². The molecule has 0 aliphatic carbocycles. The van der Waals surface area contributed by atoms with Crippen LogP contribution in [0.5, 0.6) is 17.2 Å². The molecule has 3 aliphatic rings. The number of amides is 1. The summed E-state index contributed by atoms with van der Waals surface area (Å²) in [6, 6.07) is 11.7. The summed E-state index contributed by atoms with van der Waals surface area (Å²) in [5, 5.41) is 10.6. The second kappa shape index (κ2) is 12.9. The highest BCUT2D eigenvalue weighted by Crippen LogP contribution is 2.42. The van der Waals surface area contributed by atoms with Gasteiger partial charge < -0.3 is 24.2 Å². The van der Waals surface area contributed by atoms with Crippen molar-refractivity contribution in [2.75, 3.05) is 39.6 Å². The highest BCUT2D eigenvalue weighted by atomic mass is 16.7. The van der Waals surface area contributed by atoms with Gasteiger partial charge in [0, 0.05) is 38.0 Å². The van der Waals surface area contributed by atoms with Gasteiger partial charge in [0.05, 0.1) is 19.1 Å². The summed E-state index contributed by atoms with van der Waals surface area (Å²) in [5.74, 6) is 0.815. The van der Waals surface area contributed by atoms with Crippen LogP contribution >= 0.6 is 0 Å². The van der Waals surface area contributed by atoms with Crippen LogP contribution in [-0.2, 0) is 22.4 Å². The van der Waals surface area contributed by atoms with Crippen LogP contribution in [0.3, 0.4) is 0 Å². The van der Waals surface area contributed by atoms with E-state index in [4.69, 9.17) is 14.2 Å². The van der Waals surface area contributed by atoms with Gasteiger partial charge in [-0.25, -0.2) is 0 Å². The lowest BCUT2D eigenvalue weighted by molar-refractivity contribution is -0.143. The van der Waals surface area contributed by atoms with E-state index in [-0.39, 0.29) is 31.2 Å². The SMILES string of the molecule is CCCCN(CCCC)C(=O)CN1C[C@H](c2ccc3c(c2)CCO3)C(C(=O)O)[C@@H]1CCc1cccc2c1OCO2. The molecule has 0 radical (unpaired) electrons. The number of carboxylic acid groups (broad SMARTS) is 1. The van der Waals surface area contributed by atoms with Crippen LogP contribution in [0.25, 0.3) is 0 Å². The van der Waals surface area contributed by atoms with Crippen LogP contribution < -0.4 is 14.2 Å². The molecule has 3 atom stereocenters. The number of fused-ring (bicyclic) bond motifs is 2. The fourth-order valence-electron chi connectivity index (χ4n) is 6.45. The molecule has 3 aliphatic heterocycles. The maximum Gasteiger partial charge on any atom is 0.308 e. The Bertz CT molecular complexity index is 1190. The van der Waals surface area contributed by atoms with Crippen molar-refractivity contribution in [1.29, 1.82) is 0 Å². The third kappa shape index (κ3) is 6.07. The third-order valence-corrected chi connectivity index (χ3v) is 8.62. The highest BCUT2D eigenvalue weighted by molar-refractivity contribution is 5.79. The zero-order valence-electron chi connectivity index (χ0n) is 23.8. The van der Waals surface area contributed by atoms with Gasteiger partial charge in [0.1, 0.15) is 5.75 Å². The number of aryl methyl sites for hydroxylation is 1. The molecule has 0 bridgehead atoms. The Morgan fingerprint density at radius 2 is 1.82 bits per heavy atom. The monoisotopic (exact) mass is 550 g/mol. The van der Waals surface area contributed by atoms with Crippen LogP contribution in [-0.4, -0.2) is 72.4 Å². The first-order chi connectivity index (χ1) is 19.5. The van der Waals surface area contributed by atoms with E-state index in [1.807, 2.05) is 35.2 Å². The summed E-state index contributed by atoms with van der Waals surface area (Å²) in [5.41, 5.74) is 3.16. The fraction of sp³-hybridized carbons (Fsp3) is 0.562. The molecule has 2 aromatic rings. The molecule has 1 fully saturated rings. The van der Waals surface area contributed by atoms with Gasteiger partial charge in [0.2, 0.25) is 12.7 Å². The Balaban J connectivity index is 1.41. The van der Waals surface area contributed by atoms with Crippen molar-refractivity contribution >= 4 is 11.9 Å². The van der Waals surface area contributed by atoms with Crippen LogP contribution in [0.2, 0.25) is 0 Å². The van der Waals surface area contributed by atoms with Crippen molar-refractivity contribution in [1.82, 2.24) is 9.80 Å². The average Bonchev–Trinajstić information content (AvgIpc) is 3.70. The quantitative estimate of drug-likeness (QED) is 0.380. The molecule has 1 N–H and O–H groups in total. The number of carboxylic acids is 1. The maximum absolute atomic E-state index is 13.6. The molecule has 8 heteroatoms. The number of benzene rings is 2. The van der Waals surface area contributed by atoms with Crippen LogP contribution in [0.15, 0.2) is 36.4 Å². The van der Waals surface area contributed by atoms with Gasteiger partial charge in [0.25, 0.3) is 0 Å². The zero-order chi connectivity index (χ0) is 28.1. The van der Waals surface area contributed by atoms with Gasteiger partial charge >= 0.3 is 5.97 Å². The Morgan fingerprint density at radius 3 is 2.58 bits per heavy atom. The number of ether oxygens (including phenoxy) is 3. The minimum absolute atomic E-state index is 0.0939. The molecule has 2 aromatic carbocycles. The minimum Gasteiger partial charge on any atom is -0.493 e. The lowest BCUT2D eigenvalue weighted by Crippen LogP contribution is -2.44. The molecule has 40 heavy (non-hydrogen) atoms. The smallest absolute Gasteiger partial charge is 0.308 e. The fourth-order valence-corrected chi connectivity index (χ4v) is 6.45. The van der Waals surface area contributed by atoms with Gasteiger partial charge in [0.15, 0.2) is 11.5 Å². The molecule has 0 spiro atoms. The van der Waals surface area contributed by atoms with E-state index in [0.717, 1.165) is 79.1 Å². The minimum atomic E-state index is -0.812. The molecular formula is C32H42N2O6. The Kier molecular flexibility index (Phi) is 9.15. The number of unbranched alkanes of at least 4 members (excludes halogenated alkanes) is 2. The largest absolute Gasteiger partial charge is 0.493 e. The Hall–Kier alpha value is -3.26. The van der Waals surface area contributed by atoms with Crippen molar-refractivity contribution in [3.63, 3.8) is 0 Å². The molecule has 1 amide bonds. The highest BCUT2D eigenvalue weighted by Gasteiger charge is 2.47. The van der Waals surface area contributed by atoms with Gasteiger partial charge in [-0.2, -0.15) is 0 Å². The number of hydrogen-bond donors (Lipinski definition) is 1. The molecule has 1 saturated heterocycles. The van der Waals surface area contributed by atoms with Crippen molar-refractivity contribution in [2.45, 2.75) is 70.8 Å². The van der Waals surface area contributed by atoms with E-state index in [9.17, 15) is 14.7 Å². The molecule has 3 heterocycles. The maximum atomic E-state index is 13.6. The second-order valence-electron chi connectivity index (χ2n) is 11.2. The first kappa shape index (κ1) is 28.3. The Labute approximate surface area is 237 Å². The number of hydrogen-bond acceptors (Lipinski definition) is 6. The number of para-hydroxylation sites is 1. The molecule has 1 unspecified atom stereocenters. The van der Waals surface area contributed by atoms with Crippen LogP contribution in [0.1, 0.15) is 68.6 Å². The lowest BCUT2D eigenvalue weighted by atomic mass is 9.83. The lowest BCUT2D eigenvalue weighted by Gasteiger charge is -2.30. The van der Waals surface area contributed by atoms with Gasteiger partial charge in [-0.05, 0) is 54.5 Å². The topological polar surface area (TPSA) is 88.5 Å². The zero-order valence-corrected chi connectivity index (χ0v) is 23.8. The molecular weight excluding hydrogens is 508 g/mol.